The highest BCUT2D eigenvalue weighted by Crippen LogP contribution is 2.27. The van der Waals surface area contributed by atoms with E-state index in [-0.39, 0.29) is 17.8 Å². The monoisotopic (exact) mass is 448 g/mol. The maximum absolute atomic E-state index is 14.0. The molecule has 0 radical (unpaired) electrons. The van der Waals surface area contributed by atoms with Crippen molar-refractivity contribution in [1.29, 1.82) is 0 Å². The van der Waals surface area contributed by atoms with E-state index >= 15 is 0 Å². The average Bonchev–Trinajstić information content (AvgIpc) is 3.16. The Labute approximate surface area is 195 Å². The van der Waals surface area contributed by atoms with E-state index in [9.17, 15) is 9.18 Å². The molecule has 0 atom stereocenters. The van der Waals surface area contributed by atoms with Gasteiger partial charge in [0.1, 0.15) is 5.82 Å². The SMILES string of the molecule is CCCN1CCc2c(c(CN(C(=O)Cc3ccccc3)C(C)C)nn2-c2cccc(F)c2)C1. The molecule has 0 saturated carbocycles. The van der Waals surface area contributed by atoms with Gasteiger partial charge in [-0.2, -0.15) is 5.10 Å². The van der Waals surface area contributed by atoms with Gasteiger partial charge in [-0.3, -0.25) is 9.69 Å². The smallest absolute Gasteiger partial charge is 0.227 e. The number of halogens is 1. The van der Waals surface area contributed by atoms with Gasteiger partial charge in [0.2, 0.25) is 5.91 Å². The Bertz CT molecular complexity index is 1090. The Hall–Kier alpha value is -2.99. The Morgan fingerprint density at radius 3 is 2.64 bits per heavy atom. The summed E-state index contributed by atoms with van der Waals surface area (Å²) in [6, 6.07) is 16.5. The predicted molar refractivity (Wildman–Crippen MR) is 129 cm³/mol. The first-order valence-corrected chi connectivity index (χ1v) is 11.9. The molecule has 1 amide bonds. The van der Waals surface area contributed by atoms with Gasteiger partial charge in [0, 0.05) is 31.1 Å². The van der Waals surface area contributed by atoms with E-state index in [0.717, 1.165) is 55.1 Å². The van der Waals surface area contributed by atoms with Gasteiger partial charge in [0.05, 0.1) is 30.0 Å². The molecule has 1 aromatic heterocycles. The molecule has 0 fully saturated rings. The summed E-state index contributed by atoms with van der Waals surface area (Å²) >= 11 is 0. The van der Waals surface area contributed by atoms with Crippen LogP contribution in [0, 0.1) is 5.82 Å². The van der Waals surface area contributed by atoms with Crippen LogP contribution in [-0.4, -0.2) is 44.6 Å². The highest BCUT2D eigenvalue weighted by Gasteiger charge is 2.28. The van der Waals surface area contributed by atoms with Crippen LogP contribution in [0.25, 0.3) is 5.69 Å². The lowest BCUT2D eigenvalue weighted by Gasteiger charge is -2.29. The molecule has 33 heavy (non-hydrogen) atoms. The molecule has 4 rings (SSSR count). The van der Waals surface area contributed by atoms with Crippen LogP contribution in [0.3, 0.4) is 0 Å². The fraction of sp³-hybridized carbons (Fsp3) is 0.407. The molecule has 1 aliphatic rings. The number of benzene rings is 2. The van der Waals surface area contributed by atoms with Gasteiger partial charge in [-0.15, -0.1) is 0 Å². The number of aromatic nitrogens is 2. The molecule has 2 aromatic carbocycles. The van der Waals surface area contributed by atoms with E-state index in [1.807, 2.05) is 59.8 Å². The number of hydrogen-bond donors (Lipinski definition) is 0. The number of carbonyl (C=O) groups is 1. The molecule has 0 aliphatic carbocycles. The second-order valence-electron chi connectivity index (χ2n) is 9.07. The molecule has 174 valence electrons. The van der Waals surface area contributed by atoms with Crippen molar-refractivity contribution >= 4 is 5.91 Å². The third kappa shape index (κ3) is 5.33. The van der Waals surface area contributed by atoms with Crippen molar-refractivity contribution in [2.45, 2.75) is 59.2 Å². The summed E-state index contributed by atoms with van der Waals surface area (Å²) in [6.07, 6.45) is 2.32. The number of rotatable bonds is 8. The van der Waals surface area contributed by atoms with Crippen LogP contribution in [0.5, 0.6) is 0 Å². The fourth-order valence-corrected chi connectivity index (χ4v) is 4.59. The van der Waals surface area contributed by atoms with Crippen LogP contribution in [0.15, 0.2) is 54.6 Å². The summed E-state index contributed by atoms with van der Waals surface area (Å²) in [6.45, 7) is 9.54. The van der Waals surface area contributed by atoms with E-state index < -0.39 is 0 Å². The van der Waals surface area contributed by atoms with Crippen LogP contribution in [0.1, 0.15) is 49.7 Å². The van der Waals surface area contributed by atoms with Crippen molar-refractivity contribution in [1.82, 2.24) is 19.6 Å². The van der Waals surface area contributed by atoms with Gasteiger partial charge >= 0.3 is 0 Å². The molecule has 0 saturated heterocycles. The quantitative estimate of drug-likeness (QED) is 0.499. The van der Waals surface area contributed by atoms with E-state index in [4.69, 9.17) is 5.10 Å². The summed E-state index contributed by atoms with van der Waals surface area (Å²) in [4.78, 5) is 17.6. The second kappa shape index (κ2) is 10.3. The highest BCUT2D eigenvalue weighted by atomic mass is 19.1. The standard InChI is InChI=1S/C27H33FN4O/c1-4-14-30-15-13-26-24(18-30)25(29-32(26)23-12-8-11-22(28)17-23)19-31(20(2)3)27(33)16-21-9-6-5-7-10-21/h5-12,17,20H,4,13-16,18-19H2,1-3H3. The summed E-state index contributed by atoms with van der Waals surface area (Å²) in [5.74, 6) is -0.185. The van der Waals surface area contributed by atoms with Crippen molar-refractivity contribution in [3.05, 3.63) is 82.9 Å². The lowest BCUT2D eigenvalue weighted by Crippen LogP contribution is -2.38. The van der Waals surface area contributed by atoms with E-state index in [1.54, 1.807) is 6.07 Å². The third-order valence-corrected chi connectivity index (χ3v) is 6.27. The molecule has 2 heterocycles. The zero-order valence-electron chi connectivity index (χ0n) is 19.8. The number of carbonyl (C=O) groups excluding carboxylic acids is 1. The Kier molecular flexibility index (Phi) is 7.23. The Balaban J connectivity index is 1.67. The Morgan fingerprint density at radius 1 is 1.15 bits per heavy atom. The highest BCUT2D eigenvalue weighted by molar-refractivity contribution is 5.79. The first-order chi connectivity index (χ1) is 16.0. The van der Waals surface area contributed by atoms with Gasteiger partial charge < -0.3 is 4.90 Å². The van der Waals surface area contributed by atoms with Gasteiger partial charge in [-0.25, -0.2) is 9.07 Å². The fourth-order valence-electron chi connectivity index (χ4n) is 4.59. The average molecular weight is 449 g/mol. The Morgan fingerprint density at radius 2 is 1.94 bits per heavy atom. The zero-order chi connectivity index (χ0) is 23.4. The van der Waals surface area contributed by atoms with Gasteiger partial charge in [-0.05, 0) is 50.6 Å². The molecular weight excluding hydrogens is 415 g/mol. The van der Waals surface area contributed by atoms with E-state index in [1.165, 1.54) is 17.7 Å². The van der Waals surface area contributed by atoms with Gasteiger partial charge in [-0.1, -0.05) is 43.3 Å². The van der Waals surface area contributed by atoms with Crippen LogP contribution in [0.2, 0.25) is 0 Å². The topological polar surface area (TPSA) is 41.4 Å². The van der Waals surface area contributed by atoms with E-state index in [0.29, 0.717) is 13.0 Å². The molecule has 0 unspecified atom stereocenters. The van der Waals surface area contributed by atoms with Gasteiger partial charge in [0.25, 0.3) is 0 Å². The molecule has 1 aliphatic heterocycles. The maximum atomic E-state index is 14.0. The molecule has 6 heteroatoms. The predicted octanol–water partition coefficient (Wildman–Crippen LogP) is 4.76. The molecule has 0 N–H and O–H groups in total. The lowest BCUT2D eigenvalue weighted by molar-refractivity contribution is -0.132. The van der Waals surface area contributed by atoms with E-state index in [2.05, 4.69) is 11.8 Å². The van der Waals surface area contributed by atoms with Crippen molar-refractivity contribution in [2.24, 2.45) is 0 Å². The van der Waals surface area contributed by atoms with Crippen LogP contribution < -0.4 is 0 Å². The number of nitrogens with zero attached hydrogens (tertiary/aromatic N) is 4. The molecule has 0 bridgehead atoms. The number of fused-ring (bicyclic) bond motifs is 1. The van der Waals surface area contributed by atoms with Crippen LogP contribution in [0.4, 0.5) is 4.39 Å². The third-order valence-electron chi connectivity index (χ3n) is 6.27. The molecule has 0 spiro atoms. The minimum absolute atomic E-state index is 0.0477. The first-order valence-electron chi connectivity index (χ1n) is 11.9. The summed E-state index contributed by atoms with van der Waals surface area (Å²) in [5, 5.41) is 4.94. The van der Waals surface area contributed by atoms with Gasteiger partial charge in [0.15, 0.2) is 0 Å². The van der Waals surface area contributed by atoms with Crippen LogP contribution >= 0.6 is 0 Å². The minimum atomic E-state index is -0.274. The second-order valence-corrected chi connectivity index (χ2v) is 9.07. The van der Waals surface area contributed by atoms with Crippen LogP contribution in [-0.2, 0) is 30.7 Å². The normalized spacial score (nSPS) is 13.8. The number of hydrogen-bond acceptors (Lipinski definition) is 3. The molecular formula is C27H33FN4O. The van der Waals surface area contributed by atoms with Crippen molar-refractivity contribution in [3.8, 4) is 5.69 Å². The minimum Gasteiger partial charge on any atom is -0.334 e. The number of amides is 1. The van der Waals surface area contributed by atoms with Crippen molar-refractivity contribution in [2.75, 3.05) is 13.1 Å². The molecule has 3 aromatic rings. The molecule has 5 nitrogen and oxygen atoms in total. The maximum Gasteiger partial charge on any atom is 0.227 e. The zero-order valence-corrected chi connectivity index (χ0v) is 19.8. The lowest BCUT2D eigenvalue weighted by atomic mass is 10.0. The summed E-state index contributed by atoms with van der Waals surface area (Å²) in [5.41, 5.74) is 4.95. The largest absolute Gasteiger partial charge is 0.334 e. The first kappa shape index (κ1) is 23.2. The summed E-state index contributed by atoms with van der Waals surface area (Å²) < 4.78 is 15.9. The van der Waals surface area contributed by atoms with Crippen molar-refractivity contribution in [3.63, 3.8) is 0 Å². The summed E-state index contributed by atoms with van der Waals surface area (Å²) in [7, 11) is 0. The van der Waals surface area contributed by atoms with Crippen molar-refractivity contribution < 1.29 is 9.18 Å².